The zero-order valence-electron chi connectivity index (χ0n) is 10.8. The summed E-state index contributed by atoms with van der Waals surface area (Å²) in [6, 6.07) is 6.04. The second-order valence-electron chi connectivity index (χ2n) is 4.53. The van der Waals surface area contributed by atoms with E-state index in [1.807, 2.05) is 39.0 Å². The molecule has 0 aliphatic heterocycles. The summed E-state index contributed by atoms with van der Waals surface area (Å²) in [5.74, 6) is 2.33. The summed E-state index contributed by atoms with van der Waals surface area (Å²) in [6.45, 7) is 6.11. The van der Waals surface area contributed by atoms with Crippen LogP contribution in [0.5, 0.6) is 0 Å². The summed E-state index contributed by atoms with van der Waals surface area (Å²) in [6.07, 6.45) is 0. The highest BCUT2D eigenvalue weighted by atomic mass is 32.2. The molecular formula is C13H17N3OS. The minimum atomic E-state index is 0.289. The van der Waals surface area contributed by atoms with Crippen molar-refractivity contribution in [1.29, 1.82) is 0 Å². The van der Waals surface area contributed by atoms with Crippen LogP contribution in [0.4, 0.5) is 5.69 Å². The number of nitrogens with two attached hydrogens (primary N) is 1. The molecule has 0 spiro atoms. The second kappa shape index (κ2) is 5.44. The summed E-state index contributed by atoms with van der Waals surface area (Å²) in [4.78, 5) is 5.38. The Kier molecular flexibility index (Phi) is 3.91. The van der Waals surface area contributed by atoms with E-state index in [2.05, 4.69) is 10.1 Å². The predicted molar refractivity (Wildman–Crippen MR) is 73.5 cm³/mol. The third kappa shape index (κ3) is 3.04. The van der Waals surface area contributed by atoms with Crippen molar-refractivity contribution in [2.24, 2.45) is 0 Å². The number of thioether (sulfide) groups is 1. The van der Waals surface area contributed by atoms with Gasteiger partial charge in [0.05, 0.1) is 5.75 Å². The highest BCUT2D eigenvalue weighted by Crippen LogP contribution is 2.28. The minimum Gasteiger partial charge on any atom is -0.398 e. The van der Waals surface area contributed by atoms with Crippen molar-refractivity contribution >= 4 is 17.4 Å². The Morgan fingerprint density at radius 1 is 1.39 bits per heavy atom. The van der Waals surface area contributed by atoms with Crippen molar-refractivity contribution in [3.05, 3.63) is 35.5 Å². The highest BCUT2D eigenvalue weighted by molar-refractivity contribution is 7.98. The average molecular weight is 263 g/mol. The lowest BCUT2D eigenvalue weighted by Crippen LogP contribution is -1.91. The fourth-order valence-corrected chi connectivity index (χ4v) is 2.29. The number of nitrogen functional groups attached to an aromatic ring is 1. The van der Waals surface area contributed by atoms with E-state index in [-0.39, 0.29) is 5.92 Å². The molecule has 0 fully saturated rings. The molecule has 1 aromatic carbocycles. The molecule has 0 saturated carbocycles. The number of nitrogens with zero attached hydrogens (tertiary/aromatic N) is 2. The maximum Gasteiger partial charge on any atom is 0.237 e. The van der Waals surface area contributed by atoms with E-state index < -0.39 is 0 Å². The van der Waals surface area contributed by atoms with E-state index in [0.717, 1.165) is 22.0 Å². The lowest BCUT2D eigenvalue weighted by atomic mass is 10.2. The number of aromatic nitrogens is 2. The molecule has 0 radical (unpaired) electrons. The van der Waals surface area contributed by atoms with E-state index in [1.165, 1.54) is 0 Å². The van der Waals surface area contributed by atoms with Crippen LogP contribution in [0.15, 0.2) is 27.6 Å². The third-order valence-corrected chi connectivity index (χ3v) is 3.59. The van der Waals surface area contributed by atoms with Crippen molar-refractivity contribution in [3.63, 3.8) is 0 Å². The van der Waals surface area contributed by atoms with E-state index in [1.54, 1.807) is 11.8 Å². The Morgan fingerprint density at radius 2 is 2.17 bits per heavy atom. The van der Waals surface area contributed by atoms with Crippen LogP contribution in [0.3, 0.4) is 0 Å². The largest absolute Gasteiger partial charge is 0.398 e. The molecule has 96 valence electrons. The molecule has 2 rings (SSSR count). The monoisotopic (exact) mass is 263 g/mol. The molecule has 2 N–H and O–H groups in total. The highest BCUT2D eigenvalue weighted by Gasteiger charge is 2.10. The Bertz CT molecular complexity index is 537. The average Bonchev–Trinajstić information content (AvgIpc) is 2.76. The minimum absolute atomic E-state index is 0.289. The molecule has 1 heterocycles. The molecule has 0 unspecified atom stereocenters. The van der Waals surface area contributed by atoms with Crippen molar-refractivity contribution in [2.45, 2.75) is 37.3 Å². The Hall–Kier alpha value is -1.49. The van der Waals surface area contributed by atoms with Gasteiger partial charge in [-0.3, -0.25) is 0 Å². The zero-order chi connectivity index (χ0) is 13.1. The van der Waals surface area contributed by atoms with Gasteiger partial charge in [0.1, 0.15) is 0 Å². The lowest BCUT2D eigenvalue weighted by molar-refractivity contribution is 0.383. The van der Waals surface area contributed by atoms with Crippen LogP contribution in [0, 0.1) is 6.92 Å². The summed E-state index contributed by atoms with van der Waals surface area (Å²) >= 11 is 1.61. The first-order valence-corrected chi connectivity index (χ1v) is 6.86. The molecule has 0 aliphatic carbocycles. The van der Waals surface area contributed by atoms with Gasteiger partial charge in [0.2, 0.25) is 5.89 Å². The number of anilines is 1. The van der Waals surface area contributed by atoms with Crippen molar-refractivity contribution in [3.8, 4) is 0 Å². The van der Waals surface area contributed by atoms with E-state index in [9.17, 15) is 0 Å². The van der Waals surface area contributed by atoms with Crippen LogP contribution in [0.25, 0.3) is 0 Å². The van der Waals surface area contributed by atoms with Gasteiger partial charge in [-0.1, -0.05) is 25.1 Å². The van der Waals surface area contributed by atoms with Gasteiger partial charge in [0.15, 0.2) is 5.82 Å². The number of aryl methyl sites for hydroxylation is 1. The molecule has 4 nitrogen and oxygen atoms in total. The van der Waals surface area contributed by atoms with Crippen molar-refractivity contribution in [2.75, 3.05) is 5.73 Å². The molecule has 0 atom stereocenters. The Morgan fingerprint density at radius 3 is 2.78 bits per heavy atom. The molecule has 0 bridgehead atoms. The number of hydrogen-bond donors (Lipinski definition) is 1. The summed E-state index contributed by atoms with van der Waals surface area (Å²) in [5, 5.41) is 3.93. The molecule has 2 aromatic rings. The number of hydrogen-bond acceptors (Lipinski definition) is 5. The van der Waals surface area contributed by atoms with E-state index in [4.69, 9.17) is 10.3 Å². The standard InChI is InChI=1S/C13H17N3OS/c1-8(2)13-15-12(17-16-13)7-18-11-5-4-9(3)6-10(11)14/h4-6,8H,7,14H2,1-3H3. The summed E-state index contributed by atoms with van der Waals surface area (Å²) in [7, 11) is 0. The van der Waals surface area contributed by atoms with Gasteiger partial charge in [-0.25, -0.2) is 0 Å². The molecule has 5 heteroatoms. The maximum absolute atomic E-state index is 5.95. The molecule has 0 amide bonds. The van der Waals surface area contributed by atoms with Crippen LogP contribution in [0.2, 0.25) is 0 Å². The summed E-state index contributed by atoms with van der Waals surface area (Å²) < 4.78 is 5.19. The van der Waals surface area contributed by atoms with Crippen molar-refractivity contribution in [1.82, 2.24) is 10.1 Å². The van der Waals surface area contributed by atoms with Crippen LogP contribution in [0.1, 0.15) is 37.0 Å². The quantitative estimate of drug-likeness (QED) is 0.676. The molecule has 0 saturated heterocycles. The van der Waals surface area contributed by atoms with Crippen LogP contribution >= 0.6 is 11.8 Å². The normalized spacial score (nSPS) is 11.1. The molecular weight excluding hydrogens is 246 g/mol. The first-order valence-electron chi connectivity index (χ1n) is 5.87. The Balaban J connectivity index is 2.02. The van der Waals surface area contributed by atoms with Gasteiger partial charge in [0.25, 0.3) is 0 Å². The van der Waals surface area contributed by atoms with Gasteiger partial charge in [-0.15, -0.1) is 11.8 Å². The predicted octanol–water partition coefficient (Wildman–Crippen LogP) is 3.38. The van der Waals surface area contributed by atoms with Crippen LogP contribution < -0.4 is 5.73 Å². The van der Waals surface area contributed by atoms with Gasteiger partial charge in [-0.2, -0.15) is 4.98 Å². The fourth-order valence-electron chi connectivity index (χ4n) is 1.50. The van der Waals surface area contributed by atoms with Crippen molar-refractivity contribution < 1.29 is 4.52 Å². The first kappa shape index (κ1) is 13.0. The zero-order valence-corrected chi connectivity index (χ0v) is 11.6. The van der Waals surface area contributed by atoms with Gasteiger partial charge in [-0.05, 0) is 24.6 Å². The molecule has 1 aromatic heterocycles. The lowest BCUT2D eigenvalue weighted by Gasteiger charge is -2.04. The topological polar surface area (TPSA) is 64.9 Å². The van der Waals surface area contributed by atoms with E-state index in [0.29, 0.717) is 11.6 Å². The van der Waals surface area contributed by atoms with Crippen LogP contribution in [-0.4, -0.2) is 10.1 Å². The van der Waals surface area contributed by atoms with Crippen LogP contribution in [-0.2, 0) is 5.75 Å². The fraction of sp³-hybridized carbons (Fsp3) is 0.385. The maximum atomic E-state index is 5.95. The molecule has 18 heavy (non-hydrogen) atoms. The van der Waals surface area contributed by atoms with Gasteiger partial charge >= 0.3 is 0 Å². The smallest absolute Gasteiger partial charge is 0.237 e. The summed E-state index contributed by atoms with van der Waals surface area (Å²) in [5.41, 5.74) is 7.91. The van der Waals surface area contributed by atoms with E-state index >= 15 is 0 Å². The third-order valence-electron chi connectivity index (χ3n) is 2.52. The number of rotatable bonds is 4. The van der Waals surface area contributed by atoms with Gasteiger partial charge < -0.3 is 10.3 Å². The second-order valence-corrected chi connectivity index (χ2v) is 5.55. The SMILES string of the molecule is Cc1ccc(SCc2nc(C(C)C)no2)c(N)c1. The first-order chi connectivity index (χ1) is 8.56. The molecule has 0 aliphatic rings. The number of benzene rings is 1. The Labute approximate surface area is 111 Å². The van der Waals surface area contributed by atoms with Gasteiger partial charge in [0, 0.05) is 16.5 Å².